The summed E-state index contributed by atoms with van der Waals surface area (Å²) in [5, 5.41) is 0. The molecular formula is C17H27N. The fourth-order valence-corrected chi connectivity index (χ4v) is 3.68. The van der Waals surface area contributed by atoms with E-state index in [2.05, 4.69) is 45.9 Å². The van der Waals surface area contributed by atoms with Crippen molar-refractivity contribution in [3.63, 3.8) is 0 Å². The lowest BCUT2D eigenvalue weighted by Crippen LogP contribution is -2.29. The Bertz CT molecular complexity index is 400. The molecule has 2 rings (SSSR count). The maximum Gasteiger partial charge on any atom is 0.0326 e. The molecule has 3 unspecified atom stereocenters. The smallest absolute Gasteiger partial charge is 0.0326 e. The second-order valence-corrected chi connectivity index (χ2v) is 6.56. The van der Waals surface area contributed by atoms with Gasteiger partial charge in [-0.05, 0) is 62.0 Å². The van der Waals surface area contributed by atoms with Crippen LogP contribution in [-0.2, 0) is 0 Å². The third-order valence-corrected chi connectivity index (χ3v) is 4.52. The van der Waals surface area contributed by atoms with Crippen LogP contribution in [-0.4, -0.2) is 0 Å². The van der Waals surface area contributed by atoms with E-state index < -0.39 is 0 Å². The van der Waals surface area contributed by atoms with Crippen molar-refractivity contribution < 1.29 is 0 Å². The summed E-state index contributed by atoms with van der Waals surface area (Å²) in [7, 11) is 0. The van der Waals surface area contributed by atoms with Crippen molar-refractivity contribution in [2.75, 3.05) is 0 Å². The first-order valence-corrected chi connectivity index (χ1v) is 7.30. The number of nitrogens with two attached hydrogens (primary N) is 1. The van der Waals surface area contributed by atoms with Crippen LogP contribution >= 0.6 is 0 Å². The van der Waals surface area contributed by atoms with Crippen LogP contribution in [0, 0.1) is 31.6 Å². The van der Waals surface area contributed by atoms with Crippen molar-refractivity contribution in [2.45, 2.75) is 53.0 Å². The molecule has 1 saturated carbocycles. The number of benzene rings is 1. The summed E-state index contributed by atoms with van der Waals surface area (Å²) in [5.41, 5.74) is 10.6. The summed E-state index contributed by atoms with van der Waals surface area (Å²) in [6.45, 7) is 9.09. The number of rotatable bonds is 2. The van der Waals surface area contributed by atoms with E-state index in [4.69, 9.17) is 5.73 Å². The van der Waals surface area contributed by atoms with E-state index in [1.807, 2.05) is 0 Å². The van der Waals surface area contributed by atoms with Gasteiger partial charge in [0.2, 0.25) is 0 Å². The van der Waals surface area contributed by atoms with Crippen molar-refractivity contribution in [2.24, 2.45) is 23.5 Å². The number of hydrogen-bond donors (Lipinski definition) is 1. The Morgan fingerprint density at radius 3 is 2.28 bits per heavy atom. The Labute approximate surface area is 112 Å². The zero-order valence-electron chi connectivity index (χ0n) is 12.2. The molecular weight excluding hydrogens is 218 g/mol. The first kappa shape index (κ1) is 13.6. The Morgan fingerprint density at radius 2 is 1.67 bits per heavy atom. The van der Waals surface area contributed by atoms with Gasteiger partial charge in [-0.2, -0.15) is 0 Å². The van der Waals surface area contributed by atoms with E-state index in [-0.39, 0.29) is 6.04 Å². The average molecular weight is 245 g/mol. The van der Waals surface area contributed by atoms with Crippen LogP contribution in [0.1, 0.15) is 55.8 Å². The van der Waals surface area contributed by atoms with Crippen LogP contribution in [0.2, 0.25) is 0 Å². The van der Waals surface area contributed by atoms with Gasteiger partial charge in [-0.15, -0.1) is 0 Å². The van der Waals surface area contributed by atoms with Gasteiger partial charge >= 0.3 is 0 Å². The lowest BCUT2D eigenvalue weighted by Gasteiger charge is -2.35. The summed E-state index contributed by atoms with van der Waals surface area (Å²) >= 11 is 0. The van der Waals surface area contributed by atoms with Crippen molar-refractivity contribution >= 4 is 0 Å². The number of hydrogen-bond acceptors (Lipinski definition) is 1. The van der Waals surface area contributed by atoms with E-state index in [1.54, 1.807) is 0 Å². The lowest BCUT2D eigenvalue weighted by atomic mass is 9.72. The molecule has 0 radical (unpaired) electrons. The molecule has 0 saturated heterocycles. The maximum absolute atomic E-state index is 6.56. The quantitative estimate of drug-likeness (QED) is 0.822. The standard InChI is InChI=1S/C17H27N/c1-11-5-6-14(4)16(10-11)17(18)15-8-12(2)7-13(3)9-15/h5-6,10,12-13,15,17H,7-9,18H2,1-4H3. The van der Waals surface area contributed by atoms with Gasteiger partial charge in [0.15, 0.2) is 0 Å². The van der Waals surface area contributed by atoms with Crippen molar-refractivity contribution in [3.05, 3.63) is 34.9 Å². The van der Waals surface area contributed by atoms with E-state index >= 15 is 0 Å². The van der Waals surface area contributed by atoms with Gasteiger partial charge in [0.05, 0.1) is 0 Å². The molecule has 100 valence electrons. The normalized spacial score (nSPS) is 30.2. The highest BCUT2D eigenvalue weighted by Gasteiger charge is 2.29. The fourth-order valence-electron chi connectivity index (χ4n) is 3.68. The molecule has 0 heterocycles. The monoisotopic (exact) mass is 245 g/mol. The van der Waals surface area contributed by atoms with Gasteiger partial charge in [-0.1, -0.05) is 37.6 Å². The van der Waals surface area contributed by atoms with Crippen LogP contribution in [0.15, 0.2) is 18.2 Å². The highest BCUT2D eigenvalue weighted by Crippen LogP contribution is 2.39. The molecule has 1 heteroatoms. The predicted molar refractivity (Wildman–Crippen MR) is 78.5 cm³/mol. The van der Waals surface area contributed by atoms with E-state index in [0.717, 1.165) is 11.8 Å². The highest BCUT2D eigenvalue weighted by molar-refractivity contribution is 5.33. The molecule has 1 nitrogen and oxygen atoms in total. The Balaban J connectivity index is 2.19. The Morgan fingerprint density at radius 1 is 1.06 bits per heavy atom. The second kappa shape index (κ2) is 5.44. The maximum atomic E-state index is 6.56. The van der Waals surface area contributed by atoms with Crippen LogP contribution in [0.5, 0.6) is 0 Å². The zero-order valence-corrected chi connectivity index (χ0v) is 12.2. The summed E-state index contributed by atoms with van der Waals surface area (Å²) in [5.74, 6) is 2.31. The zero-order chi connectivity index (χ0) is 13.3. The average Bonchev–Trinajstić information content (AvgIpc) is 2.30. The molecule has 0 aliphatic heterocycles. The first-order valence-electron chi connectivity index (χ1n) is 7.30. The van der Waals surface area contributed by atoms with Crippen LogP contribution < -0.4 is 5.73 Å². The second-order valence-electron chi connectivity index (χ2n) is 6.56. The summed E-state index contributed by atoms with van der Waals surface area (Å²) < 4.78 is 0. The SMILES string of the molecule is Cc1ccc(C)c(C(N)C2CC(C)CC(C)C2)c1. The molecule has 0 spiro atoms. The van der Waals surface area contributed by atoms with Crippen molar-refractivity contribution in [1.82, 2.24) is 0 Å². The molecule has 1 aliphatic carbocycles. The summed E-state index contributed by atoms with van der Waals surface area (Å²) in [4.78, 5) is 0. The molecule has 18 heavy (non-hydrogen) atoms. The fraction of sp³-hybridized carbons (Fsp3) is 0.647. The van der Waals surface area contributed by atoms with Gasteiger partial charge in [0, 0.05) is 6.04 Å². The number of aryl methyl sites for hydroxylation is 2. The molecule has 0 bridgehead atoms. The highest BCUT2D eigenvalue weighted by atomic mass is 14.7. The van der Waals surface area contributed by atoms with Crippen LogP contribution in [0.4, 0.5) is 0 Å². The Hall–Kier alpha value is -0.820. The minimum absolute atomic E-state index is 0.218. The van der Waals surface area contributed by atoms with Crippen molar-refractivity contribution in [3.8, 4) is 0 Å². The van der Waals surface area contributed by atoms with Crippen molar-refractivity contribution in [1.29, 1.82) is 0 Å². The molecule has 0 aromatic heterocycles. The molecule has 1 fully saturated rings. The topological polar surface area (TPSA) is 26.0 Å². The van der Waals surface area contributed by atoms with Gasteiger partial charge < -0.3 is 5.73 Å². The molecule has 2 N–H and O–H groups in total. The van der Waals surface area contributed by atoms with Gasteiger partial charge in [-0.3, -0.25) is 0 Å². The van der Waals surface area contributed by atoms with E-state index in [9.17, 15) is 0 Å². The lowest BCUT2D eigenvalue weighted by molar-refractivity contribution is 0.193. The van der Waals surface area contributed by atoms with E-state index in [0.29, 0.717) is 5.92 Å². The Kier molecular flexibility index (Phi) is 4.11. The largest absolute Gasteiger partial charge is 0.324 e. The minimum atomic E-state index is 0.218. The van der Waals surface area contributed by atoms with Gasteiger partial charge in [0.25, 0.3) is 0 Å². The van der Waals surface area contributed by atoms with Crippen LogP contribution in [0.25, 0.3) is 0 Å². The minimum Gasteiger partial charge on any atom is -0.324 e. The van der Waals surface area contributed by atoms with E-state index in [1.165, 1.54) is 36.0 Å². The molecule has 1 aromatic carbocycles. The molecule has 1 aromatic rings. The third-order valence-electron chi connectivity index (χ3n) is 4.52. The van der Waals surface area contributed by atoms with Crippen LogP contribution in [0.3, 0.4) is 0 Å². The molecule has 1 aliphatic rings. The predicted octanol–water partition coefficient (Wildman–Crippen LogP) is 4.38. The molecule has 3 atom stereocenters. The molecule has 0 amide bonds. The third kappa shape index (κ3) is 2.95. The summed E-state index contributed by atoms with van der Waals surface area (Å²) in [6, 6.07) is 6.89. The summed E-state index contributed by atoms with van der Waals surface area (Å²) in [6.07, 6.45) is 3.95. The van der Waals surface area contributed by atoms with Gasteiger partial charge in [0.1, 0.15) is 0 Å². The van der Waals surface area contributed by atoms with Gasteiger partial charge in [-0.25, -0.2) is 0 Å². The first-order chi connectivity index (χ1) is 8.47.